The summed E-state index contributed by atoms with van der Waals surface area (Å²) in [6, 6.07) is 11.4. The zero-order valence-corrected chi connectivity index (χ0v) is 16.6. The van der Waals surface area contributed by atoms with Gasteiger partial charge in [0.15, 0.2) is 17.7 Å². The smallest absolute Gasteiger partial charge is 0.261 e. The number of carbonyl (C=O) groups is 1. The molecule has 0 saturated heterocycles. The Morgan fingerprint density at radius 2 is 2.07 bits per heavy atom. The van der Waals surface area contributed by atoms with E-state index in [0.29, 0.717) is 24.3 Å². The average molecular weight is 387 g/mol. The van der Waals surface area contributed by atoms with Crippen LogP contribution in [-0.2, 0) is 4.79 Å². The number of halogens is 1. The highest BCUT2D eigenvalue weighted by atomic mass is 19.1. The number of ether oxygens (including phenoxy) is 3. The van der Waals surface area contributed by atoms with Crippen molar-refractivity contribution in [1.29, 1.82) is 0 Å². The first-order valence-corrected chi connectivity index (χ1v) is 9.41. The normalized spacial score (nSPS) is 18.4. The summed E-state index contributed by atoms with van der Waals surface area (Å²) in [5.41, 5.74) is 0.418. The predicted octanol–water partition coefficient (Wildman–Crippen LogP) is 4.41. The molecule has 0 aromatic heterocycles. The highest BCUT2D eigenvalue weighted by Gasteiger charge is 2.36. The molecule has 2 aromatic carbocycles. The van der Waals surface area contributed by atoms with Crippen molar-refractivity contribution in [3.05, 3.63) is 53.8 Å². The van der Waals surface area contributed by atoms with E-state index in [9.17, 15) is 9.18 Å². The van der Waals surface area contributed by atoms with E-state index in [1.807, 2.05) is 39.0 Å². The zero-order valence-electron chi connectivity index (χ0n) is 16.6. The highest BCUT2D eigenvalue weighted by molar-refractivity contribution is 5.81. The number of rotatable bonds is 6. The van der Waals surface area contributed by atoms with Crippen molar-refractivity contribution in [2.75, 3.05) is 7.11 Å². The molecular weight excluding hydrogens is 361 g/mol. The molecule has 0 aliphatic carbocycles. The van der Waals surface area contributed by atoms with Crippen LogP contribution in [0.1, 0.15) is 45.2 Å². The van der Waals surface area contributed by atoms with Crippen LogP contribution in [0.3, 0.4) is 0 Å². The maximum atomic E-state index is 13.9. The summed E-state index contributed by atoms with van der Waals surface area (Å²) in [4.78, 5) is 12.9. The Morgan fingerprint density at radius 1 is 1.32 bits per heavy atom. The van der Waals surface area contributed by atoms with Crippen LogP contribution < -0.4 is 19.5 Å². The van der Waals surface area contributed by atoms with Crippen LogP contribution >= 0.6 is 0 Å². The topological polar surface area (TPSA) is 56.8 Å². The molecule has 28 heavy (non-hydrogen) atoms. The summed E-state index contributed by atoms with van der Waals surface area (Å²) in [7, 11) is 1.60. The van der Waals surface area contributed by atoms with Gasteiger partial charge < -0.3 is 19.5 Å². The SMILES string of the molecule is CC[C@@H](Oc1ccccc1F)C(=O)N[C@H]1CC(C)(C)Oc2ccc(OC)cc21. The Kier molecular flexibility index (Phi) is 5.77. The first-order valence-electron chi connectivity index (χ1n) is 9.41. The van der Waals surface area contributed by atoms with Crippen molar-refractivity contribution in [3.63, 3.8) is 0 Å². The van der Waals surface area contributed by atoms with Crippen molar-refractivity contribution in [3.8, 4) is 17.2 Å². The van der Waals surface area contributed by atoms with Gasteiger partial charge >= 0.3 is 0 Å². The molecule has 2 aromatic rings. The molecule has 1 amide bonds. The van der Waals surface area contributed by atoms with E-state index in [-0.39, 0.29) is 17.7 Å². The lowest BCUT2D eigenvalue weighted by atomic mass is 9.89. The minimum atomic E-state index is -0.795. The van der Waals surface area contributed by atoms with Crippen LogP contribution in [0.4, 0.5) is 4.39 Å². The number of methoxy groups -OCH3 is 1. The lowest BCUT2D eigenvalue weighted by Gasteiger charge is -2.38. The summed E-state index contributed by atoms with van der Waals surface area (Å²) < 4.78 is 30.9. The van der Waals surface area contributed by atoms with E-state index in [1.165, 1.54) is 12.1 Å². The number of hydrogen-bond acceptors (Lipinski definition) is 4. The van der Waals surface area contributed by atoms with Gasteiger partial charge in [-0.1, -0.05) is 19.1 Å². The van der Waals surface area contributed by atoms with Gasteiger partial charge in [0.2, 0.25) is 0 Å². The van der Waals surface area contributed by atoms with Gasteiger partial charge in [0, 0.05) is 12.0 Å². The van der Waals surface area contributed by atoms with Gasteiger partial charge in [-0.15, -0.1) is 0 Å². The van der Waals surface area contributed by atoms with Crippen LogP contribution in [0, 0.1) is 5.82 Å². The van der Waals surface area contributed by atoms with Crippen LogP contribution in [0.25, 0.3) is 0 Å². The largest absolute Gasteiger partial charge is 0.497 e. The van der Waals surface area contributed by atoms with Crippen molar-refractivity contribution in [2.45, 2.75) is 51.4 Å². The number of benzene rings is 2. The Bertz CT molecular complexity index is 852. The third-order valence-electron chi connectivity index (χ3n) is 4.76. The summed E-state index contributed by atoms with van der Waals surface area (Å²) >= 11 is 0. The fraction of sp³-hybridized carbons (Fsp3) is 0.409. The van der Waals surface area contributed by atoms with Crippen LogP contribution in [0.5, 0.6) is 17.2 Å². The minimum Gasteiger partial charge on any atom is -0.497 e. The summed E-state index contributed by atoms with van der Waals surface area (Å²) in [5.74, 6) is 0.693. The fourth-order valence-electron chi connectivity index (χ4n) is 3.37. The maximum Gasteiger partial charge on any atom is 0.261 e. The molecule has 5 nitrogen and oxygen atoms in total. The monoisotopic (exact) mass is 387 g/mol. The molecule has 0 saturated carbocycles. The second-order valence-corrected chi connectivity index (χ2v) is 7.48. The van der Waals surface area contributed by atoms with Crippen molar-refractivity contribution in [2.24, 2.45) is 0 Å². The Labute approximate surface area is 164 Å². The van der Waals surface area contributed by atoms with Crippen molar-refractivity contribution in [1.82, 2.24) is 5.32 Å². The lowest BCUT2D eigenvalue weighted by Crippen LogP contribution is -2.45. The number of para-hydroxylation sites is 1. The molecule has 0 spiro atoms. The van der Waals surface area contributed by atoms with E-state index in [1.54, 1.807) is 19.2 Å². The Balaban J connectivity index is 1.81. The zero-order chi connectivity index (χ0) is 20.3. The molecule has 2 atom stereocenters. The molecule has 0 unspecified atom stereocenters. The van der Waals surface area contributed by atoms with Gasteiger partial charge in [-0.2, -0.15) is 0 Å². The lowest BCUT2D eigenvalue weighted by molar-refractivity contribution is -0.129. The van der Waals surface area contributed by atoms with Gasteiger partial charge in [0.25, 0.3) is 5.91 Å². The number of nitrogens with one attached hydrogen (secondary N) is 1. The Hall–Kier alpha value is -2.76. The first-order chi connectivity index (χ1) is 13.3. The minimum absolute atomic E-state index is 0.0684. The number of hydrogen-bond donors (Lipinski definition) is 1. The predicted molar refractivity (Wildman–Crippen MR) is 104 cm³/mol. The quantitative estimate of drug-likeness (QED) is 0.798. The van der Waals surface area contributed by atoms with E-state index < -0.39 is 17.5 Å². The second kappa shape index (κ2) is 8.09. The fourth-order valence-corrected chi connectivity index (χ4v) is 3.37. The summed E-state index contributed by atoms with van der Waals surface area (Å²) in [6.45, 7) is 5.79. The molecule has 1 N–H and O–H groups in total. The molecule has 0 fully saturated rings. The molecular formula is C22H26FNO4. The van der Waals surface area contributed by atoms with Crippen LogP contribution in [0.15, 0.2) is 42.5 Å². The second-order valence-electron chi connectivity index (χ2n) is 7.48. The third-order valence-corrected chi connectivity index (χ3v) is 4.76. The van der Waals surface area contributed by atoms with Crippen LogP contribution in [0.2, 0.25) is 0 Å². The molecule has 1 heterocycles. The third kappa shape index (κ3) is 4.38. The summed E-state index contributed by atoms with van der Waals surface area (Å²) in [5, 5.41) is 3.05. The van der Waals surface area contributed by atoms with Gasteiger partial charge in [-0.25, -0.2) is 4.39 Å². The van der Waals surface area contributed by atoms with Crippen LogP contribution in [-0.4, -0.2) is 24.7 Å². The van der Waals surface area contributed by atoms with E-state index in [0.717, 1.165) is 5.56 Å². The molecule has 1 aliphatic heterocycles. The van der Waals surface area contributed by atoms with Gasteiger partial charge in [0.05, 0.1) is 13.2 Å². The Morgan fingerprint density at radius 3 is 2.75 bits per heavy atom. The number of fused-ring (bicyclic) bond motifs is 1. The van der Waals surface area contributed by atoms with Gasteiger partial charge in [0.1, 0.15) is 17.1 Å². The van der Waals surface area contributed by atoms with Gasteiger partial charge in [-0.05, 0) is 50.6 Å². The molecule has 0 radical (unpaired) electrons. The molecule has 150 valence electrons. The van der Waals surface area contributed by atoms with Gasteiger partial charge in [-0.3, -0.25) is 4.79 Å². The summed E-state index contributed by atoms with van der Waals surface area (Å²) in [6.07, 6.45) is 0.212. The molecule has 3 rings (SSSR count). The van der Waals surface area contributed by atoms with E-state index in [4.69, 9.17) is 14.2 Å². The first kappa shape index (κ1) is 20.0. The van der Waals surface area contributed by atoms with E-state index in [2.05, 4.69) is 5.32 Å². The van der Waals surface area contributed by atoms with E-state index >= 15 is 0 Å². The van der Waals surface area contributed by atoms with Crippen molar-refractivity contribution >= 4 is 5.91 Å². The number of amides is 1. The highest BCUT2D eigenvalue weighted by Crippen LogP contribution is 2.41. The number of carbonyl (C=O) groups excluding carboxylic acids is 1. The molecule has 0 bridgehead atoms. The molecule has 1 aliphatic rings. The maximum absolute atomic E-state index is 13.9. The molecule has 6 heteroatoms. The average Bonchev–Trinajstić information content (AvgIpc) is 2.66. The van der Waals surface area contributed by atoms with Crippen molar-refractivity contribution < 1.29 is 23.4 Å². The standard InChI is InChI=1S/C22H26FNO4/c1-5-18(27-20-9-7-6-8-16(20)23)21(25)24-17-13-22(2,3)28-19-11-10-14(26-4)12-15(17)19/h6-12,17-18H,5,13H2,1-4H3,(H,24,25)/t17-,18+/m0/s1.